The summed E-state index contributed by atoms with van der Waals surface area (Å²) in [6.07, 6.45) is 2.26. The fourth-order valence-corrected chi connectivity index (χ4v) is 9.11. The highest BCUT2D eigenvalue weighted by molar-refractivity contribution is 8.02. The number of hydrogen-bond acceptors (Lipinski definition) is 5. The van der Waals surface area contributed by atoms with Crippen molar-refractivity contribution >= 4 is 45.9 Å². The molecule has 3 heterocycles. The van der Waals surface area contributed by atoms with Gasteiger partial charge in [-0.05, 0) is 47.7 Å². The molecule has 3 aromatic carbocycles. The number of likely N-dealkylation sites (tertiary alicyclic amines) is 1. The van der Waals surface area contributed by atoms with E-state index in [1.807, 2.05) is 79.7 Å². The number of thioether (sulfide) groups is 1. The molecule has 0 saturated carbocycles. The fourth-order valence-electron chi connectivity index (χ4n) is 6.90. The number of aliphatic hydroxyl groups excluding tert-OH is 1. The molecule has 39 heavy (non-hydrogen) atoms. The van der Waals surface area contributed by atoms with Gasteiger partial charge in [0, 0.05) is 17.5 Å². The molecule has 7 nitrogen and oxygen atoms in total. The Labute approximate surface area is 232 Å². The highest BCUT2D eigenvalue weighted by atomic mass is 32.2. The number of nitrogens with one attached hydrogen (secondary N) is 2. The number of nitrogens with zero attached hydrogens (tertiary/aromatic N) is 1. The number of amides is 3. The molecule has 202 valence electrons. The van der Waals surface area contributed by atoms with Crippen molar-refractivity contribution in [3.8, 4) is 0 Å². The van der Waals surface area contributed by atoms with Crippen LogP contribution in [0.4, 0.5) is 5.69 Å². The van der Waals surface area contributed by atoms with E-state index in [-0.39, 0.29) is 29.6 Å². The van der Waals surface area contributed by atoms with Gasteiger partial charge < -0.3 is 20.6 Å². The van der Waals surface area contributed by atoms with E-state index in [1.54, 1.807) is 16.7 Å². The van der Waals surface area contributed by atoms with Crippen LogP contribution in [-0.4, -0.2) is 56.9 Å². The topological polar surface area (TPSA) is 98.7 Å². The third kappa shape index (κ3) is 4.21. The molecule has 0 aliphatic carbocycles. The number of aliphatic hydroxyl groups is 1. The second-order valence-corrected chi connectivity index (χ2v) is 12.4. The number of carbonyl (C=O) groups excluding carboxylic acids is 3. The quantitative estimate of drug-likeness (QED) is 0.397. The van der Waals surface area contributed by atoms with Gasteiger partial charge in [-0.3, -0.25) is 14.4 Å². The summed E-state index contributed by atoms with van der Waals surface area (Å²) in [6, 6.07) is 21.6. The lowest BCUT2D eigenvalue weighted by atomic mass is 9.70. The zero-order valence-corrected chi connectivity index (χ0v) is 22.7. The molecule has 8 heteroatoms. The normalized spacial score (nSPS) is 27.9. The monoisotopic (exact) mass is 543 g/mol. The molecule has 2 bridgehead atoms. The molecule has 6 rings (SSSR count). The van der Waals surface area contributed by atoms with E-state index in [1.165, 1.54) is 0 Å². The lowest BCUT2D eigenvalue weighted by Crippen LogP contribution is -2.52. The predicted molar refractivity (Wildman–Crippen MR) is 153 cm³/mol. The van der Waals surface area contributed by atoms with Crippen LogP contribution in [0.5, 0.6) is 0 Å². The van der Waals surface area contributed by atoms with E-state index in [4.69, 9.17) is 0 Å². The van der Waals surface area contributed by atoms with Gasteiger partial charge >= 0.3 is 0 Å². The van der Waals surface area contributed by atoms with Crippen LogP contribution in [0.2, 0.25) is 0 Å². The standard InChI is InChI=1S/C31H33N3O4S/c1-2-16-32-28(36)25-24-14-15-31(39-24)26(25)30(38)34(23(18-35)20-9-4-3-5-10-20)27(31)29(37)33-22-13-12-19-8-6-7-11-21(19)17-22/h3-13,17,23-27,35H,2,14-16,18H2,1H3,(H,32,36)(H,33,37)/t23-,24-,25+,26+,27?,31?/m1/s1. The second kappa shape index (κ2) is 10.3. The Morgan fingerprint density at radius 2 is 1.79 bits per heavy atom. The van der Waals surface area contributed by atoms with Crippen molar-refractivity contribution in [2.45, 2.75) is 48.3 Å². The van der Waals surface area contributed by atoms with E-state index < -0.39 is 28.7 Å². The van der Waals surface area contributed by atoms with Gasteiger partial charge in [-0.15, -0.1) is 11.8 Å². The SMILES string of the molecule is CCCNC(=O)[C@@H]1[C@H]2C(=O)N([C@H](CO)c3ccccc3)C(C(=O)Nc3ccc4ccccc4c3)C23CC[C@H]1S3. The summed E-state index contributed by atoms with van der Waals surface area (Å²) in [5.41, 5.74) is 1.42. The van der Waals surface area contributed by atoms with Crippen molar-refractivity contribution in [3.63, 3.8) is 0 Å². The van der Waals surface area contributed by atoms with E-state index >= 15 is 0 Å². The van der Waals surface area contributed by atoms with Crippen LogP contribution < -0.4 is 10.6 Å². The Bertz CT molecular complexity index is 1420. The van der Waals surface area contributed by atoms with Gasteiger partial charge in [-0.2, -0.15) is 0 Å². The molecule has 0 aromatic heterocycles. The minimum absolute atomic E-state index is 0.00164. The first-order chi connectivity index (χ1) is 19.0. The van der Waals surface area contributed by atoms with Crippen LogP contribution >= 0.6 is 11.8 Å². The molecule has 3 aromatic rings. The van der Waals surface area contributed by atoms with E-state index in [0.717, 1.165) is 29.2 Å². The van der Waals surface area contributed by atoms with Gasteiger partial charge in [0.2, 0.25) is 17.7 Å². The Morgan fingerprint density at radius 3 is 2.54 bits per heavy atom. The molecule has 1 spiro atoms. The average molecular weight is 544 g/mol. The molecule has 6 atom stereocenters. The smallest absolute Gasteiger partial charge is 0.248 e. The fraction of sp³-hybridized carbons (Fsp3) is 0.387. The van der Waals surface area contributed by atoms with Crippen molar-refractivity contribution in [2.75, 3.05) is 18.5 Å². The first kappa shape index (κ1) is 25.9. The van der Waals surface area contributed by atoms with Crippen LogP contribution in [0.3, 0.4) is 0 Å². The van der Waals surface area contributed by atoms with E-state index in [2.05, 4.69) is 10.6 Å². The van der Waals surface area contributed by atoms with Crippen molar-refractivity contribution in [2.24, 2.45) is 11.8 Å². The second-order valence-electron chi connectivity index (χ2n) is 10.8. The Morgan fingerprint density at radius 1 is 1.05 bits per heavy atom. The average Bonchev–Trinajstić information content (AvgIpc) is 3.60. The Hall–Kier alpha value is -3.36. The van der Waals surface area contributed by atoms with Gasteiger partial charge in [0.1, 0.15) is 6.04 Å². The van der Waals surface area contributed by atoms with Gasteiger partial charge in [0.05, 0.1) is 29.2 Å². The maximum Gasteiger partial charge on any atom is 0.248 e. The summed E-state index contributed by atoms with van der Waals surface area (Å²) in [5, 5.41) is 18.8. The summed E-state index contributed by atoms with van der Waals surface area (Å²) >= 11 is 1.63. The first-order valence-electron chi connectivity index (χ1n) is 13.7. The largest absolute Gasteiger partial charge is 0.394 e. The van der Waals surface area contributed by atoms with Crippen molar-refractivity contribution < 1.29 is 19.5 Å². The molecule has 0 radical (unpaired) electrons. The maximum atomic E-state index is 14.3. The van der Waals surface area contributed by atoms with Crippen LogP contribution in [0.1, 0.15) is 37.8 Å². The molecule has 3 N–H and O–H groups in total. The third-order valence-electron chi connectivity index (χ3n) is 8.55. The number of anilines is 1. The number of rotatable bonds is 8. The van der Waals surface area contributed by atoms with Crippen LogP contribution in [-0.2, 0) is 14.4 Å². The molecular formula is C31H33N3O4S. The van der Waals surface area contributed by atoms with Crippen molar-refractivity contribution in [1.82, 2.24) is 10.2 Å². The van der Waals surface area contributed by atoms with Gasteiger partial charge in [-0.25, -0.2) is 0 Å². The van der Waals surface area contributed by atoms with Gasteiger partial charge in [0.25, 0.3) is 0 Å². The molecule has 3 aliphatic heterocycles. The minimum atomic E-state index is -0.821. The molecule has 3 saturated heterocycles. The number of fused-ring (bicyclic) bond motifs is 2. The van der Waals surface area contributed by atoms with Crippen LogP contribution in [0.25, 0.3) is 10.8 Å². The zero-order chi connectivity index (χ0) is 27.1. The lowest BCUT2D eigenvalue weighted by molar-refractivity contribution is -0.142. The minimum Gasteiger partial charge on any atom is -0.394 e. The third-order valence-corrected chi connectivity index (χ3v) is 10.5. The Balaban J connectivity index is 1.40. The highest BCUT2D eigenvalue weighted by Crippen LogP contribution is 2.67. The summed E-state index contributed by atoms with van der Waals surface area (Å²) in [5.74, 6) is -1.70. The maximum absolute atomic E-state index is 14.3. The Kier molecular flexibility index (Phi) is 6.85. The molecule has 3 fully saturated rings. The summed E-state index contributed by atoms with van der Waals surface area (Å²) in [4.78, 5) is 43.5. The summed E-state index contributed by atoms with van der Waals surface area (Å²) < 4.78 is -0.723. The van der Waals surface area contributed by atoms with Crippen molar-refractivity contribution in [1.29, 1.82) is 0 Å². The molecule has 2 unspecified atom stereocenters. The lowest BCUT2D eigenvalue weighted by Gasteiger charge is -2.37. The zero-order valence-electron chi connectivity index (χ0n) is 21.9. The first-order valence-corrected chi connectivity index (χ1v) is 14.6. The van der Waals surface area contributed by atoms with E-state index in [0.29, 0.717) is 18.7 Å². The number of hydrogen-bond donors (Lipinski definition) is 3. The van der Waals surface area contributed by atoms with Gasteiger partial charge in [0.15, 0.2) is 0 Å². The number of carbonyl (C=O) groups is 3. The van der Waals surface area contributed by atoms with Crippen molar-refractivity contribution in [3.05, 3.63) is 78.4 Å². The van der Waals surface area contributed by atoms with E-state index in [9.17, 15) is 19.5 Å². The van der Waals surface area contributed by atoms with Crippen LogP contribution in [0.15, 0.2) is 72.8 Å². The molecular weight excluding hydrogens is 510 g/mol. The predicted octanol–water partition coefficient (Wildman–Crippen LogP) is 4.13. The van der Waals surface area contributed by atoms with Crippen LogP contribution in [0, 0.1) is 11.8 Å². The highest BCUT2D eigenvalue weighted by Gasteiger charge is 2.74. The summed E-state index contributed by atoms with van der Waals surface area (Å²) in [6.45, 7) is 2.23. The summed E-state index contributed by atoms with van der Waals surface area (Å²) in [7, 11) is 0. The molecule has 3 amide bonds. The van der Waals surface area contributed by atoms with Gasteiger partial charge in [-0.1, -0.05) is 67.6 Å². The number of benzene rings is 3. The molecule has 3 aliphatic rings.